The second-order valence-electron chi connectivity index (χ2n) is 3.65. The summed E-state index contributed by atoms with van der Waals surface area (Å²) in [6.45, 7) is 0. The van der Waals surface area contributed by atoms with Gasteiger partial charge in [-0.25, -0.2) is 0 Å². The van der Waals surface area contributed by atoms with E-state index in [2.05, 4.69) is 26.1 Å². The van der Waals surface area contributed by atoms with Gasteiger partial charge in [-0.1, -0.05) is 30.3 Å². The molecular formula is C12H9BBrF2N3. The number of hydrogen-bond acceptors (Lipinski definition) is 2. The maximum atomic E-state index is 12.8. The van der Waals surface area contributed by atoms with E-state index in [4.69, 9.17) is 0 Å². The molecule has 3 nitrogen and oxygen atoms in total. The molecule has 0 aliphatic carbocycles. The molecular weight excluding hydrogens is 315 g/mol. The van der Waals surface area contributed by atoms with Crippen molar-refractivity contribution in [3.05, 3.63) is 64.2 Å². The zero-order valence-corrected chi connectivity index (χ0v) is 11.3. The van der Waals surface area contributed by atoms with Crippen molar-refractivity contribution in [2.75, 3.05) is 0 Å². The molecule has 96 valence electrons. The van der Waals surface area contributed by atoms with Crippen molar-refractivity contribution in [3.63, 3.8) is 0 Å². The van der Waals surface area contributed by atoms with Crippen LogP contribution >= 0.6 is 15.9 Å². The molecule has 0 N–H and O–H groups in total. The van der Waals surface area contributed by atoms with Crippen LogP contribution in [0.2, 0.25) is 0 Å². The number of rotatable bonds is 3. The molecule has 0 bridgehead atoms. The lowest BCUT2D eigenvalue weighted by Crippen LogP contribution is -2.28. The van der Waals surface area contributed by atoms with E-state index in [0.717, 1.165) is 10.0 Å². The van der Waals surface area contributed by atoms with Gasteiger partial charge in [-0.05, 0) is 33.6 Å². The standard InChI is InChI=1S/C12H9BBrF2N3/c14-11-6-7-12(19(9-11)13(15)16)18-17-8-10-4-2-1-3-5-10/h1-9H/b17-8+,18-12-. The van der Waals surface area contributed by atoms with Crippen molar-refractivity contribution in [1.82, 2.24) is 4.48 Å². The van der Waals surface area contributed by atoms with Crippen molar-refractivity contribution in [2.45, 2.75) is 0 Å². The van der Waals surface area contributed by atoms with Crippen molar-refractivity contribution in [3.8, 4) is 0 Å². The molecule has 1 aromatic heterocycles. The Morgan fingerprint density at radius 3 is 2.53 bits per heavy atom. The van der Waals surface area contributed by atoms with Crippen molar-refractivity contribution >= 4 is 29.5 Å². The molecule has 2 aromatic rings. The highest BCUT2D eigenvalue weighted by atomic mass is 79.9. The first-order chi connectivity index (χ1) is 9.16. The molecule has 1 aromatic carbocycles. The minimum atomic E-state index is -2.66. The Morgan fingerprint density at radius 1 is 1.11 bits per heavy atom. The summed E-state index contributed by atoms with van der Waals surface area (Å²) >= 11 is 3.14. The van der Waals surface area contributed by atoms with Crippen LogP contribution in [0, 0.1) is 0 Å². The number of aromatic nitrogens is 1. The van der Waals surface area contributed by atoms with Gasteiger partial charge in [-0.15, -0.1) is 5.10 Å². The van der Waals surface area contributed by atoms with Crippen LogP contribution in [0.4, 0.5) is 8.63 Å². The van der Waals surface area contributed by atoms with Gasteiger partial charge < -0.3 is 4.48 Å². The molecule has 19 heavy (non-hydrogen) atoms. The van der Waals surface area contributed by atoms with Crippen molar-refractivity contribution in [1.29, 1.82) is 0 Å². The Labute approximate surface area is 117 Å². The third-order valence-electron chi connectivity index (χ3n) is 2.30. The molecule has 0 unspecified atom stereocenters. The first-order valence-corrected chi connectivity index (χ1v) is 6.24. The van der Waals surface area contributed by atoms with E-state index < -0.39 is 7.40 Å². The highest BCUT2D eigenvalue weighted by Crippen LogP contribution is 2.06. The van der Waals surface area contributed by atoms with Crippen LogP contribution in [0.15, 0.2) is 63.3 Å². The van der Waals surface area contributed by atoms with E-state index in [1.54, 1.807) is 6.07 Å². The van der Waals surface area contributed by atoms with Gasteiger partial charge in [0.05, 0.1) is 6.21 Å². The SMILES string of the molecule is FB(F)n1cc(Br)cc/c1=N/N=C/c1ccccc1. The molecule has 0 saturated heterocycles. The summed E-state index contributed by atoms with van der Waals surface area (Å²) in [5.74, 6) is 0. The van der Waals surface area contributed by atoms with E-state index in [1.165, 1.54) is 18.5 Å². The Morgan fingerprint density at radius 2 is 1.84 bits per heavy atom. The van der Waals surface area contributed by atoms with E-state index in [9.17, 15) is 8.63 Å². The van der Waals surface area contributed by atoms with E-state index in [1.807, 2.05) is 30.3 Å². The molecule has 7 heteroatoms. The maximum absolute atomic E-state index is 12.8. The lowest BCUT2D eigenvalue weighted by Gasteiger charge is -2.02. The van der Waals surface area contributed by atoms with Gasteiger partial charge in [-0.3, -0.25) is 8.63 Å². The lowest BCUT2D eigenvalue weighted by molar-refractivity contribution is 0.618. The average Bonchev–Trinajstić information content (AvgIpc) is 2.41. The van der Waals surface area contributed by atoms with Crippen LogP contribution in [-0.4, -0.2) is 18.1 Å². The second kappa shape index (κ2) is 6.42. The minimum Gasteiger partial charge on any atom is -0.314 e. The lowest BCUT2D eigenvalue weighted by atomic mass is 10.2. The molecule has 0 radical (unpaired) electrons. The number of pyridine rings is 1. The topological polar surface area (TPSA) is 29.6 Å². The molecule has 0 aliphatic rings. The van der Waals surface area contributed by atoms with E-state index >= 15 is 0 Å². The first-order valence-electron chi connectivity index (χ1n) is 5.45. The number of hydrogen-bond donors (Lipinski definition) is 0. The largest absolute Gasteiger partial charge is 0.678 e. The normalized spacial score (nSPS) is 12.1. The smallest absolute Gasteiger partial charge is 0.314 e. The number of halogens is 3. The summed E-state index contributed by atoms with van der Waals surface area (Å²) in [5, 5.41) is 7.61. The monoisotopic (exact) mass is 323 g/mol. The predicted molar refractivity (Wildman–Crippen MR) is 75.1 cm³/mol. The van der Waals surface area contributed by atoms with E-state index in [0.29, 0.717) is 4.47 Å². The van der Waals surface area contributed by atoms with Gasteiger partial charge in [0.15, 0.2) is 0 Å². The third-order valence-corrected chi connectivity index (χ3v) is 2.76. The zero-order chi connectivity index (χ0) is 13.7. The highest BCUT2D eigenvalue weighted by molar-refractivity contribution is 9.10. The summed E-state index contributed by atoms with van der Waals surface area (Å²) in [7, 11) is -2.66. The molecule has 0 atom stereocenters. The van der Waals surface area contributed by atoms with Gasteiger partial charge in [0.2, 0.25) is 0 Å². The summed E-state index contributed by atoms with van der Waals surface area (Å²) < 4.78 is 26.9. The second-order valence-corrected chi connectivity index (χ2v) is 4.56. The zero-order valence-electron chi connectivity index (χ0n) is 9.75. The van der Waals surface area contributed by atoms with Crippen molar-refractivity contribution in [2.24, 2.45) is 10.2 Å². The van der Waals surface area contributed by atoms with Gasteiger partial charge in [0.25, 0.3) is 0 Å². The molecule has 0 amide bonds. The fourth-order valence-electron chi connectivity index (χ4n) is 1.42. The molecule has 0 aliphatic heterocycles. The third kappa shape index (κ3) is 3.85. The Kier molecular flexibility index (Phi) is 4.62. The fourth-order valence-corrected chi connectivity index (χ4v) is 1.77. The fraction of sp³-hybridized carbons (Fsp3) is 0. The molecule has 2 rings (SSSR count). The molecule has 0 saturated carbocycles. The summed E-state index contributed by atoms with van der Waals surface area (Å²) in [6, 6.07) is 12.4. The molecule has 0 spiro atoms. The van der Waals surface area contributed by atoms with Crippen LogP contribution in [-0.2, 0) is 0 Å². The molecule has 1 heterocycles. The van der Waals surface area contributed by atoms with E-state index in [-0.39, 0.29) is 5.49 Å². The minimum absolute atomic E-state index is 0.0883. The van der Waals surface area contributed by atoms with Crippen LogP contribution < -0.4 is 5.49 Å². The number of benzene rings is 1. The van der Waals surface area contributed by atoms with Crippen LogP contribution in [0.5, 0.6) is 0 Å². The van der Waals surface area contributed by atoms with Crippen molar-refractivity contribution < 1.29 is 8.63 Å². The van der Waals surface area contributed by atoms with Gasteiger partial charge in [0.1, 0.15) is 5.49 Å². The van der Waals surface area contributed by atoms with Crippen LogP contribution in [0.1, 0.15) is 5.56 Å². The Balaban J connectivity index is 2.32. The molecule has 0 fully saturated rings. The summed E-state index contributed by atoms with van der Waals surface area (Å²) in [5.41, 5.74) is 0.942. The highest BCUT2D eigenvalue weighted by Gasteiger charge is 2.16. The quantitative estimate of drug-likeness (QED) is 0.472. The summed E-state index contributed by atoms with van der Waals surface area (Å²) in [4.78, 5) is 0. The predicted octanol–water partition coefficient (Wildman–Crippen LogP) is 2.96. The van der Waals surface area contributed by atoms with Gasteiger partial charge in [0, 0.05) is 10.7 Å². The van der Waals surface area contributed by atoms with Gasteiger partial charge >= 0.3 is 7.40 Å². The maximum Gasteiger partial charge on any atom is 0.678 e. The van der Waals surface area contributed by atoms with Crippen LogP contribution in [0.3, 0.4) is 0 Å². The average molecular weight is 324 g/mol. The Bertz CT molecular complexity index is 641. The van der Waals surface area contributed by atoms with Gasteiger partial charge in [-0.2, -0.15) is 5.10 Å². The summed E-state index contributed by atoms with van der Waals surface area (Å²) in [6.07, 6.45) is 2.78. The Hall–Kier alpha value is -1.76. The first kappa shape index (κ1) is 13.7. The number of nitrogens with zero attached hydrogens (tertiary/aromatic N) is 3. The van der Waals surface area contributed by atoms with Crippen LogP contribution in [0.25, 0.3) is 0 Å².